The third-order valence-electron chi connectivity index (χ3n) is 2.84. The number of nitro groups is 1. The maximum Gasteiger partial charge on any atom is 0.310 e. The van der Waals surface area contributed by atoms with Gasteiger partial charge in [-0.15, -0.1) is 0 Å². The van der Waals surface area contributed by atoms with Crippen molar-refractivity contribution in [2.45, 2.75) is 6.04 Å². The number of hydrogen-bond donors (Lipinski definition) is 2. The zero-order valence-electron chi connectivity index (χ0n) is 9.60. The number of methoxy groups -OCH3 is 1. The molecule has 0 bridgehead atoms. The Kier molecular flexibility index (Phi) is 3.55. The standard InChI is InChI=1S/C11H15N3O3/c1-17-11-6-8(2-3-10(11)14(15)16)9-7-12-4-5-13-9/h2-3,6,9,12-13H,4-5,7H2,1H3/t9-/m0/s1. The molecule has 0 aliphatic carbocycles. The zero-order valence-corrected chi connectivity index (χ0v) is 9.60. The van der Waals surface area contributed by atoms with Gasteiger partial charge in [-0.3, -0.25) is 10.1 Å². The number of nitrogens with one attached hydrogen (secondary N) is 2. The third kappa shape index (κ3) is 2.54. The second-order valence-corrected chi connectivity index (χ2v) is 3.90. The fourth-order valence-corrected chi connectivity index (χ4v) is 1.95. The lowest BCUT2D eigenvalue weighted by Gasteiger charge is -2.25. The summed E-state index contributed by atoms with van der Waals surface area (Å²) in [6.45, 7) is 2.66. The Balaban J connectivity index is 2.27. The van der Waals surface area contributed by atoms with Gasteiger partial charge in [0.25, 0.3) is 0 Å². The van der Waals surface area contributed by atoms with Crippen LogP contribution in [0.2, 0.25) is 0 Å². The summed E-state index contributed by atoms with van der Waals surface area (Å²) in [5.74, 6) is 0.305. The highest BCUT2D eigenvalue weighted by Crippen LogP contribution is 2.29. The van der Waals surface area contributed by atoms with E-state index in [0.717, 1.165) is 25.2 Å². The molecule has 1 aliphatic rings. The van der Waals surface area contributed by atoms with E-state index in [1.807, 2.05) is 0 Å². The molecular formula is C11H15N3O3. The highest BCUT2D eigenvalue weighted by atomic mass is 16.6. The lowest BCUT2D eigenvalue weighted by molar-refractivity contribution is -0.385. The Morgan fingerprint density at radius 1 is 1.47 bits per heavy atom. The smallest absolute Gasteiger partial charge is 0.310 e. The first-order valence-corrected chi connectivity index (χ1v) is 5.49. The van der Waals surface area contributed by atoms with Gasteiger partial charge in [0.05, 0.1) is 12.0 Å². The number of hydrogen-bond acceptors (Lipinski definition) is 5. The fourth-order valence-electron chi connectivity index (χ4n) is 1.95. The molecular weight excluding hydrogens is 222 g/mol. The van der Waals surface area contributed by atoms with E-state index in [4.69, 9.17) is 4.74 Å². The van der Waals surface area contributed by atoms with Gasteiger partial charge >= 0.3 is 5.69 Å². The molecule has 17 heavy (non-hydrogen) atoms. The van der Waals surface area contributed by atoms with E-state index >= 15 is 0 Å². The first kappa shape index (κ1) is 11.8. The lowest BCUT2D eigenvalue weighted by Crippen LogP contribution is -2.42. The summed E-state index contributed by atoms with van der Waals surface area (Å²) in [4.78, 5) is 10.3. The third-order valence-corrected chi connectivity index (χ3v) is 2.84. The molecule has 1 aliphatic heterocycles. The molecule has 2 N–H and O–H groups in total. The van der Waals surface area contributed by atoms with Crippen molar-refractivity contribution < 1.29 is 9.66 Å². The summed E-state index contributed by atoms with van der Waals surface area (Å²) in [6.07, 6.45) is 0. The van der Waals surface area contributed by atoms with Crippen LogP contribution in [0.4, 0.5) is 5.69 Å². The minimum atomic E-state index is -0.435. The molecule has 92 valence electrons. The Morgan fingerprint density at radius 3 is 2.88 bits per heavy atom. The Labute approximate surface area is 99.1 Å². The van der Waals surface area contributed by atoms with Crippen LogP contribution in [0.1, 0.15) is 11.6 Å². The summed E-state index contributed by atoms with van der Waals surface area (Å²) in [6, 6.07) is 5.16. The van der Waals surface area contributed by atoms with E-state index in [1.165, 1.54) is 13.2 Å². The van der Waals surface area contributed by atoms with Crippen LogP contribution in [-0.2, 0) is 0 Å². The number of rotatable bonds is 3. The van der Waals surface area contributed by atoms with Crippen LogP contribution in [0.25, 0.3) is 0 Å². The molecule has 0 saturated carbocycles. The minimum Gasteiger partial charge on any atom is -0.490 e. The van der Waals surface area contributed by atoms with Gasteiger partial charge in [-0.05, 0) is 11.6 Å². The molecule has 0 aromatic heterocycles. The second-order valence-electron chi connectivity index (χ2n) is 3.90. The molecule has 1 aromatic carbocycles. The molecule has 1 fully saturated rings. The van der Waals surface area contributed by atoms with Crippen molar-refractivity contribution in [3.8, 4) is 5.75 Å². The topological polar surface area (TPSA) is 76.4 Å². The minimum absolute atomic E-state index is 0.0000172. The van der Waals surface area contributed by atoms with Crippen LogP contribution in [0, 0.1) is 10.1 Å². The van der Waals surface area contributed by atoms with E-state index in [9.17, 15) is 10.1 Å². The van der Waals surface area contributed by atoms with Crippen molar-refractivity contribution in [3.63, 3.8) is 0 Å². The average Bonchev–Trinajstić information content (AvgIpc) is 2.39. The van der Waals surface area contributed by atoms with E-state index in [1.54, 1.807) is 12.1 Å². The monoisotopic (exact) mass is 237 g/mol. The van der Waals surface area contributed by atoms with E-state index in [2.05, 4.69) is 10.6 Å². The van der Waals surface area contributed by atoms with Crippen molar-refractivity contribution >= 4 is 5.69 Å². The molecule has 0 spiro atoms. The van der Waals surface area contributed by atoms with Gasteiger partial charge in [0.15, 0.2) is 5.75 Å². The number of piperazine rings is 1. The fraction of sp³-hybridized carbons (Fsp3) is 0.455. The van der Waals surface area contributed by atoms with Gasteiger partial charge in [-0.1, -0.05) is 6.07 Å². The molecule has 0 radical (unpaired) electrons. The summed E-state index contributed by atoms with van der Waals surface area (Å²) >= 11 is 0. The largest absolute Gasteiger partial charge is 0.490 e. The predicted octanol–water partition coefficient (Wildman–Crippen LogP) is 0.837. The van der Waals surface area contributed by atoms with Crippen molar-refractivity contribution in [2.75, 3.05) is 26.7 Å². The van der Waals surface area contributed by atoms with Gasteiger partial charge in [-0.25, -0.2) is 0 Å². The molecule has 0 amide bonds. The molecule has 0 unspecified atom stereocenters. The second kappa shape index (κ2) is 5.11. The summed E-state index contributed by atoms with van der Waals surface area (Å²) < 4.78 is 5.05. The number of nitro benzene ring substituents is 1. The molecule has 1 heterocycles. The first-order chi connectivity index (χ1) is 8.22. The number of benzene rings is 1. The van der Waals surface area contributed by atoms with E-state index in [-0.39, 0.29) is 11.7 Å². The molecule has 6 nitrogen and oxygen atoms in total. The number of ether oxygens (including phenoxy) is 1. The summed E-state index contributed by atoms with van der Waals surface area (Å²) in [7, 11) is 1.44. The van der Waals surface area contributed by atoms with Crippen molar-refractivity contribution in [2.24, 2.45) is 0 Å². The Bertz CT molecular complexity index is 416. The van der Waals surface area contributed by atoms with Crippen LogP contribution in [0.15, 0.2) is 18.2 Å². The van der Waals surface area contributed by atoms with Crippen LogP contribution in [0.3, 0.4) is 0 Å². The zero-order chi connectivity index (χ0) is 12.3. The first-order valence-electron chi connectivity index (χ1n) is 5.49. The van der Waals surface area contributed by atoms with Gasteiger partial charge in [0, 0.05) is 31.7 Å². The van der Waals surface area contributed by atoms with Crippen molar-refractivity contribution in [3.05, 3.63) is 33.9 Å². The molecule has 1 aromatic rings. The number of nitrogens with zero attached hydrogens (tertiary/aromatic N) is 1. The van der Waals surface area contributed by atoms with Crippen molar-refractivity contribution in [1.82, 2.24) is 10.6 Å². The molecule has 2 rings (SSSR count). The summed E-state index contributed by atoms with van der Waals surface area (Å²) in [5, 5.41) is 17.4. The highest BCUT2D eigenvalue weighted by Gasteiger charge is 2.19. The molecule has 1 atom stereocenters. The molecule has 1 saturated heterocycles. The maximum atomic E-state index is 10.8. The van der Waals surface area contributed by atoms with Crippen LogP contribution >= 0.6 is 0 Å². The maximum absolute atomic E-state index is 10.8. The normalized spacial score (nSPS) is 19.9. The quantitative estimate of drug-likeness (QED) is 0.601. The predicted molar refractivity (Wildman–Crippen MR) is 63.3 cm³/mol. The Hall–Kier alpha value is -1.66. The molecule has 6 heteroatoms. The average molecular weight is 237 g/mol. The van der Waals surface area contributed by atoms with Gasteiger partial charge in [0.1, 0.15) is 0 Å². The summed E-state index contributed by atoms with van der Waals surface area (Å²) in [5.41, 5.74) is 1.000. The van der Waals surface area contributed by atoms with Gasteiger partial charge in [0.2, 0.25) is 0 Å². The Morgan fingerprint density at radius 2 is 2.29 bits per heavy atom. The van der Waals surface area contributed by atoms with E-state index < -0.39 is 4.92 Å². The van der Waals surface area contributed by atoms with Gasteiger partial charge in [-0.2, -0.15) is 0 Å². The van der Waals surface area contributed by atoms with Crippen LogP contribution in [0.5, 0.6) is 5.75 Å². The van der Waals surface area contributed by atoms with Crippen LogP contribution < -0.4 is 15.4 Å². The van der Waals surface area contributed by atoms with Crippen LogP contribution in [-0.4, -0.2) is 31.7 Å². The SMILES string of the molecule is COc1cc([C@@H]2CNCCN2)ccc1[N+](=O)[O-]. The van der Waals surface area contributed by atoms with Gasteiger partial charge < -0.3 is 15.4 Å². The van der Waals surface area contributed by atoms with Crippen molar-refractivity contribution in [1.29, 1.82) is 0 Å². The highest BCUT2D eigenvalue weighted by molar-refractivity contribution is 5.49. The lowest BCUT2D eigenvalue weighted by atomic mass is 10.0. The van der Waals surface area contributed by atoms with E-state index in [0.29, 0.717) is 5.75 Å².